The molecule has 0 radical (unpaired) electrons. The summed E-state index contributed by atoms with van der Waals surface area (Å²) < 4.78 is 43.1. The summed E-state index contributed by atoms with van der Waals surface area (Å²) in [5, 5.41) is 2.79. The van der Waals surface area contributed by atoms with Crippen LogP contribution in [0.1, 0.15) is 31.9 Å². The average molecular weight is 344 g/mol. The predicted octanol–water partition coefficient (Wildman–Crippen LogP) is 4.09. The number of carbonyl (C=O) groups excluding carboxylic acids is 1. The van der Waals surface area contributed by atoms with Crippen molar-refractivity contribution in [2.24, 2.45) is 0 Å². The number of aryl methyl sites for hydroxylation is 1. The van der Waals surface area contributed by atoms with Gasteiger partial charge in [0.1, 0.15) is 0 Å². The third kappa shape index (κ3) is 4.20. The van der Waals surface area contributed by atoms with Crippen LogP contribution in [0.5, 0.6) is 0 Å². The lowest BCUT2D eigenvalue weighted by Crippen LogP contribution is -2.52. The second-order valence-corrected chi connectivity index (χ2v) is 7.02. The van der Waals surface area contributed by atoms with Crippen LogP contribution in [0.15, 0.2) is 18.2 Å². The Labute approximate surface area is 140 Å². The molecule has 2 rings (SSSR count). The number of amides is 2. The standard InChI is InChI=1S/C17H23F3N2O2/c1-11-6-5-7-12(16(2,3)4)14(11)21-15(23)22-8-9-24-13(10-22)17(18,19)20/h5-7,13H,8-10H2,1-4H3,(H,21,23). The predicted molar refractivity (Wildman–Crippen MR) is 86.3 cm³/mol. The zero-order valence-corrected chi connectivity index (χ0v) is 14.3. The molecule has 7 heteroatoms. The molecule has 1 aromatic rings. The summed E-state index contributed by atoms with van der Waals surface area (Å²) in [4.78, 5) is 13.6. The fraction of sp³-hybridized carbons (Fsp3) is 0.588. The van der Waals surface area contributed by atoms with Crippen LogP contribution in [0.4, 0.5) is 23.7 Å². The largest absolute Gasteiger partial charge is 0.416 e. The van der Waals surface area contributed by atoms with Crippen LogP contribution in [0.2, 0.25) is 0 Å². The molecular weight excluding hydrogens is 321 g/mol. The highest BCUT2D eigenvalue weighted by atomic mass is 19.4. The Bertz CT molecular complexity index is 609. The van der Waals surface area contributed by atoms with E-state index in [2.05, 4.69) is 5.32 Å². The van der Waals surface area contributed by atoms with Gasteiger partial charge in [0.2, 0.25) is 0 Å². The minimum Gasteiger partial charge on any atom is -0.365 e. The van der Waals surface area contributed by atoms with Crippen LogP contribution in [-0.2, 0) is 10.2 Å². The van der Waals surface area contributed by atoms with Crippen LogP contribution in [0.3, 0.4) is 0 Å². The maximum absolute atomic E-state index is 12.8. The Morgan fingerprint density at radius 3 is 2.54 bits per heavy atom. The van der Waals surface area contributed by atoms with Crippen LogP contribution < -0.4 is 5.32 Å². The van der Waals surface area contributed by atoms with E-state index in [9.17, 15) is 18.0 Å². The van der Waals surface area contributed by atoms with Gasteiger partial charge in [-0.3, -0.25) is 0 Å². The molecule has 1 aliphatic rings. The first-order valence-electron chi connectivity index (χ1n) is 7.84. The van der Waals surface area contributed by atoms with Gasteiger partial charge >= 0.3 is 12.2 Å². The number of hydrogen-bond acceptors (Lipinski definition) is 2. The second-order valence-electron chi connectivity index (χ2n) is 7.02. The summed E-state index contributed by atoms with van der Waals surface area (Å²) in [5.74, 6) is 0. The van der Waals surface area contributed by atoms with E-state index >= 15 is 0 Å². The molecule has 0 bridgehead atoms. The first kappa shape index (κ1) is 18.6. The zero-order chi connectivity index (χ0) is 18.1. The van der Waals surface area contributed by atoms with Crippen molar-refractivity contribution in [1.82, 2.24) is 4.90 Å². The third-order valence-electron chi connectivity index (χ3n) is 4.03. The lowest BCUT2D eigenvalue weighted by molar-refractivity contribution is -0.233. The molecule has 4 nitrogen and oxygen atoms in total. The fourth-order valence-corrected chi connectivity index (χ4v) is 2.68. The van der Waals surface area contributed by atoms with Gasteiger partial charge in [-0.25, -0.2) is 4.79 Å². The molecule has 1 aliphatic heterocycles. The van der Waals surface area contributed by atoms with E-state index in [4.69, 9.17) is 4.74 Å². The lowest BCUT2D eigenvalue weighted by Gasteiger charge is -2.34. The van der Waals surface area contributed by atoms with Gasteiger partial charge in [-0.1, -0.05) is 39.0 Å². The number of benzene rings is 1. The van der Waals surface area contributed by atoms with E-state index in [1.807, 2.05) is 45.9 Å². The molecule has 134 valence electrons. The summed E-state index contributed by atoms with van der Waals surface area (Å²) in [6, 6.07) is 5.15. The van der Waals surface area contributed by atoms with Gasteiger partial charge in [0, 0.05) is 12.2 Å². The Morgan fingerprint density at radius 1 is 1.29 bits per heavy atom. The van der Waals surface area contributed by atoms with E-state index in [-0.39, 0.29) is 18.6 Å². The molecule has 1 N–H and O–H groups in total. The topological polar surface area (TPSA) is 41.6 Å². The quantitative estimate of drug-likeness (QED) is 0.834. The molecule has 0 spiro atoms. The third-order valence-corrected chi connectivity index (χ3v) is 4.03. The molecule has 2 amide bonds. The van der Waals surface area contributed by atoms with Gasteiger partial charge < -0.3 is 15.0 Å². The Kier molecular flexibility index (Phi) is 5.13. The Balaban J connectivity index is 2.19. The van der Waals surface area contributed by atoms with Crippen LogP contribution >= 0.6 is 0 Å². The number of para-hydroxylation sites is 1. The SMILES string of the molecule is Cc1cccc(C(C)(C)C)c1NC(=O)N1CCOC(C(F)(F)F)C1. The average Bonchev–Trinajstić information content (AvgIpc) is 2.47. The minimum absolute atomic E-state index is 0.127. The maximum Gasteiger partial charge on any atom is 0.416 e. The van der Waals surface area contributed by atoms with Crippen molar-refractivity contribution in [2.45, 2.75) is 45.4 Å². The molecule has 1 heterocycles. The van der Waals surface area contributed by atoms with Crippen molar-refractivity contribution in [3.63, 3.8) is 0 Å². The number of halogens is 3. The lowest BCUT2D eigenvalue weighted by atomic mass is 9.84. The molecule has 0 aliphatic carbocycles. The van der Waals surface area contributed by atoms with E-state index in [1.54, 1.807) is 0 Å². The van der Waals surface area contributed by atoms with Crippen molar-refractivity contribution < 1.29 is 22.7 Å². The number of morpholine rings is 1. The number of carbonyl (C=O) groups is 1. The van der Waals surface area contributed by atoms with Crippen LogP contribution in [0, 0.1) is 6.92 Å². The van der Waals surface area contributed by atoms with E-state index < -0.39 is 24.9 Å². The number of hydrogen-bond donors (Lipinski definition) is 1. The monoisotopic (exact) mass is 344 g/mol. The van der Waals surface area contributed by atoms with Gasteiger partial charge in [-0.05, 0) is 23.5 Å². The molecule has 24 heavy (non-hydrogen) atoms. The van der Waals surface area contributed by atoms with E-state index in [1.165, 1.54) is 0 Å². The van der Waals surface area contributed by atoms with Gasteiger partial charge in [0.15, 0.2) is 6.10 Å². The second kappa shape index (κ2) is 6.63. The maximum atomic E-state index is 12.8. The van der Waals surface area contributed by atoms with Gasteiger partial charge in [-0.2, -0.15) is 13.2 Å². The molecule has 1 saturated heterocycles. The van der Waals surface area contributed by atoms with Crippen molar-refractivity contribution >= 4 is 11.7 Å². The molecule has 1 aromatic carbocycles. The summed E-state index contributed by atoms with van der Waals surface area (Å²) in [5.41, 5.74) is 2.27. The van der Waals surface area contributed by atoms with Crippen molar-refractivity contribution in [3.05, 3.63) is 29.3 Å². The normalized spacial score (nSPS) is 19.3. The highest BCUT2D eigenvalue weighted by molar-refractivity contribution is 5.91. The van der Waals surface area contributed by atoms with Crippen molar-refractivity contribution in [2.75, 3.05) is 25.0 Å². The summed E-state index contributed by atoms with van der Waals surface area (Å²) in [7, 11) is 0. The van der Waals surface area contributed by atoms with Crippen molar-refractivity contribution in [1.29, 1.82) is 0 Å². The smallest absolute Gasteiger partial charge is 0.365 e. The van der Waals surface area contributed by atoms with E-state index in [0.717, 1.165) is 16.0 Å². The van der Waals surface area contributed by atoms with E-state index in [0.29, 0.717) is 5.69 Å². The molecule has 1 fully saturated rings. The Hall–Kier alpha value is -1.76. The number of urea groups is 1. The number of nitrogens with one attached hydrogen (secondary N) is 1. The van der Waals surface area contributed by atoms with Crippen LogP contribution in [0.25, 0.3) is 0 Å². The number of anilines is 1. The summed E-state index contributed by atoms with van der Waals surface area (Å²) in [6.07, 6.45) is -6.41. The zero-order valence-electron chi connectivity index (χ0n) is 14.3. The van der Waals surface area contributed by atoms with Crippen molar-refractivity contribution in [3.8, 4) is 0 Å². The molecule has 0 saturated carbocycles. The number of nitrogens with zero attached hydrogens (tertiary/aromatic N) is 1. The fourth-order valence-electron chi connectivity index (χ4n) is 2.68. The minimum atomic E-state index is -4.47. The molecule has 1 unspecified atom stereocenters. The highest BCUT2D eigenvalue weighted by Crippen LogP contribution is 2.32. The molecule has 0 aromatic heterocycles. The summed E-state index contributed by atoms with van der Waals surface area (Å²) >= 11 is 0. The van der Waals surface area contributed by atoms with Gasteiger partial charge in [-0.15, -0.1) is 0 Å². The Morgan fingerprint density at radius 2 is 1.96 bits per heavy atom. The first-order chi connectivity index (χ1) is 11.0. The molecule has 1 atom stereocenters. The van der Waals surface area contributed by atoms with Gasteiger partial charge in [0.25, 0.3) is 0 Å². The highest BCUT2D eigenvalue weighted by Gasteiger charge is 2.44. The summed E-state index contributed by atoms with van der Waals surface area (Å²) in [6.45, 7) is 7.44. The number of alkyl halides is 3. The number of ether oxygens (including phenoxy) is 1. The van der Waals surface area contributed by atoms with Crippen LogP contribution in [-0.4, -0.2) is 42.9 Å². The molecular formula is C17H23F3N2O2. The van der Waals surface area contributed by atoms with Gasteiger partial charge in [0.05, 0.1) is 13.2 Å². The first-order valence-corrected chi connectivity index (χ1v) is 7.84. The number of rotatable bonds is 1.